The van der Waals surface area contributed by atoms with Crippen LogP contribution >= 0.6 is 38.9 Å². The van der Waals surface area contributed by atoms with Crippen molar-refractivity contribution in [2.45, 2.75) is 31.3 Å². The number of likely N-dealkylation sites (tertiary alicyclic amines) is 1. The zero-order valence-corrected chi connectivity index (χ0v) is 22.7. The summed E-state index contributed by atoms with van der Waals surface area (Å²) in [5.41, 5.74) is 2.57. The van der Waals surface area contributed by atoms with Crippen molar-refractivity contribution in [2.24, 2.45) is 5.16 Å². The van der Waals surface area contributed by atoms with Crippen LogP contribution in [0.5, 0.6) is 11.6 Å². The van der Waals surface area contributed by atoms with Crippen LogP contribution in [-0.2, 0) is 9.63 Å². The third-order valence-electron chi connectivity index (χ3n) is 6.29. The zero-order valence-electron chi connectivity index (χ0n) is 19.5. The zero-order chi connectivity index (χ0) is 25.1. The van der Waals surface area contributed by atoms with Crippen molar-refractivity contribution in [2.75, 3.05) is 26.8 Å². The molecule has 0 spiro atoms. The van der Waals surface area contributed by atoms with Crippen molar-refractivity contribution in [3.63, 3.8) is 0 Å². The number of oxime groups is 1. The number of pyridine rings is 1. The van der Waals surface area contributed by atoms with Crippen molar-refractivity contribution in [1.82, 2.24) is 14.9 Å². The summed E-state index contributed by atoms with van der Waals surface area (Å²) in [5, 5.41) is 8.05. The highest BCUT2D eigenvalue weighted by atomic mass is 79.9. The van der Waals surface area contributed by atoms with E-state index in [4.69, 9.17) is 30.9 Å². The standard InChI is InChI=1S/C25H24BrClN4O4S/c1-33-20-6-3-9-28-24(20)34-13-22(32)31-10-7-15(8-11-31)25-29-19(14-36-25)18-12-21(35-30-18)23-16(26)4-2-5-17(23)27/h2-6,9,14-15,21H,7-8,10-13H2,1H3. The largest absolute Gasteiger partial charge is 0.491 e. The Labute approximate surface area is 226 Å². The number of hydrogen-bond donors (Lipinski definition) is 0. The van der Waals surface area contributed by atoms with Gasteiger partial charge in [0.1, 0.15) is 5.71 Å². The van der Waals surface area contributed by atoms with E-state index in [9.17, 15) is 4.79 Å². The molecule has 0 bridgehead atoms. The van der Waals surface area contributed by atoms with Gasteiger partial charge >= 0.3 is 0 Å². The van der Waals surface area contributed by atoms with Gasteiger partial charge in [0.25, 0.3) is 11.8 Å². The Morgan fingerprint density at radius 3 is 2.89 bits per heavy atom. The van der Waals surface area contributed by atoms with Crippen LogP contribution in [0.15, 0.2) is 51.5 Å². The first-order chi connectivity index (χ1) is 17.5. The molecule has 5 rings (SSSR count). The third kappa shape index (κ3) is 5.35. The average molecular weight is 592 g/mol. The number of halogens is 2. The fourth-order valence-corrected chi connectivity index (χ4v) is 6.38. The molecule has 1 unspecified atom stereocenters. The quantitative estimate of drug-likeness (QED) is 0.355. The topological polar surface area (TPSA) is 86.1 Å². The molecule has 4 heterocycles. The normalized spacial score (nSPS) is 18.0. The van der Waals surface area contributed by atoms with Crippen molar-refractivity contribution in [3.8, 4) is 11.6 Å². The number of nitrogens with zero attached hydrogens (tertiary/aromatic N) is 4. The Morgan fingerprint density at radius 2 is 2.11 bits per heavy atom. The van der Waals surface area contributed by atoms with Gasteiger partial charge in [0.2, 0.25) is 0 Å². The van der Waals surface area contributed by atoms with Crippen LogP contribution in [0.1, 0.15) is 47.5 Å². The first-order valence-corrected chi connectivity index (χ1v) is 13.6. The maximum Gasteiger partial charge on any atom is 0.260 e. The molecule has 3 aromatic rings. The van der Waals surface area contributed by atoms with E-state index in [0.717, 1.165) is 39.3 Å². The van der Waals surface area contributed by atoms with Crippen molar-refractivity contribution in [1.29, 1.82) is 0 Å². The Morgan fingerprint density at radius 1 is 1.28 bits per heavy atom. The van der Waals surface area contributed by atoms with Gasteiger partial charge < -0.3 is 19.2 Å². The number of rotatable bonds is 7. The summed E-state index contributed by atoms with van der Waals surface area (Å²) in [6.45, 7) is 1.25. The number of carbonyl (C=O) groups excluding carboxylic acids is 1. The number of methoxy groups -OCH3 is 1. The van der Waals surface area contributed by atoms with Gasteiger partial charge in [0.05, 0.1) is 17.8 Å². The van der Waals surface area contributed by atoms with E-state index >= 15 is 0 Å². The summed E-state index contributed by atoms with van der Waals surface area (Å²) in [6, 6.07) is 9.19. The second-order valence-corrected chi connectivity index (χ2v) is 10.6. The predicted molar refractivity (Wildman–Crippen MR) is 141 cm³/mol. The van der Waals surface area contributed by atoms with Crippen LogP contribution in [0.4, 0.5) is 0 Å². The summed E-state index contributed by atoms with van der Waals surface area (Å²) < 4.78 is 11.7. The van der Waals surface area contributed by atoms with Gasteiger partial charge in [-0.3, -0.25) is 4.79 Å². The minimum Gasteiger partial charge on any atom is -0.491 e. The van der Waals surface area contributed by atoms with Crippen LogP contribution in [0, 0.1) is 0 Å². The first kappa shape index (κ1) is 25.0. The molecule has 0 radical (unpaired) electrons. The lowest BCUT2D eigenvalue weighted by molar-refractivity contribution is -0.134. The molecular weight excluding hydrogens is 568 g/mol. The fraction of sp³-hybridized carbons (Fsp3) is 0.360. The van der Waals surface area contributed by atoms with Crippen LogP contribution in [0.3, 0.4) is 0 Å². The number of hydrogen-bond acceptors (Lipinski definition) is 8. The molecule has 1 aromatic carbocycles. The molecule has 188 valence electrons. The molecular formula is C25H24BrClN4O4S. The highest BCUT2D eigenvalue weighted by molar-refractivity contribution is 9.10. The number of aromatic nitrogens is 2. The van der Waals surface area contributed by atoms with E-state index in [1.807, 2.05) is 28.5 Å². The average Bonchev–Trinajstić information content (AvgIpc) is 3.58. The van der Waals surface area contributed by atoms with Gasteiger partial charge in [-0.2, -0.15) is 0 Å². The highest BCUT2D eigenvalue weighted by Gasteiger charge is 2.30. The van der Waals surface area contributed by atoms with Crippen molar-refractivity contribution < 1.29 is 19.1 Å². The molecule has 2 aliphatic heterocycles. The summed E-state index contributed by atoms with van der Waals surface area (Å²) in [4.78, 5) is 29.2. The SMILES string of the molecule is COc1cccnc1OCC(=O)N1CCC(c2nc(C3=NOC(c4c(Cl)cccc4Br)C3)cs2)CC1. The van der Waals surface area contributed by atoms with E-state index in [1.165, 1.54) is 0 Å². The molecule has 1 amide bonds. The van der Waals surface area contributed by atoms with Crippen LogP contribution in [0.2, 0.25) is 5.02 Å². The summed E-state index contributed by atoms with van der Waals surface area (Å²) >= 11 is 11.6. The van der Waals surface area contributed by atoms with Crippen molar-refractivity contribution >= 4 is 50.5 Å². The van der Waals surface area contributed by atoms with Gasteiger partial charge in [0, 0.05) is 52.1 Å². The lowest BCUT2D eigenvalue weighted by atomic mass is 9.97. The third-order valence-corrected chi connectivity index (χ3v) is 8.32. The van der Waals surface area contributed by atoms with E-state index in [-0.39, 0.29) is 18.6 Å². The highest BCUT2D eigenvalue weighted by Crippen LogP contribution is 2.39. The second kappa shape index (κ2) is 11.1. The molecule has 0 saturated carbocycles. The maximum absolute atomic E-state index is 12.7. The summed E-state index contributed by atoms with van der Waals surface area (Å²) in [6.07, 6.45) is 3.68. The van der Waals surface area contributed by atoms with E-state index in [0.29, 0.717) is 42.1 Å². The number of piperidine rings is 1. The second-order valence-electron chi connectivity index (χ2n) is 8.50. The number of amides is 1. The van der Waals surface area contributed by atoms with Gasteiger partial charge in [-0.05, 0) is 37.1 Å². The minimum atomic E-state index is -0.240. The molecule has 0 N–H and O–H groups in total. The van der Waals surface area contributed by atoms with Crippen molar-refractivity contribution in [3.05, 3.63) is 67.7 Å². The Bertz CT molecular complexity index is 1260. The van der Waals surface area contributed by atoms with Crippen LogP contribution in [-0.4, -0.2) is 53.3 Å². The Hall–Kier alpha value is -2.69. The lowest BCUT2D eigenvalue weighted by Gasteiger charge is -2.31. The number of thiazole rings is 1. The monoisotopic (exact) mass is 590 g/mol. The molecule has 36 heavy (non-hydrogen) atoms. The van der Waals surface area contributed by atoms with Gasteiger partial charge in [0.15, 0.2) is 18.5 Å². The van der Waals surface area contributed by atoms with Crippen LogP contribution < -0.4 is 9.47 Å². The lowest BCUT2D eigenvalue weighted by Crippen LogP contribution is -2.40. The Kier molecular flexibility index (Phi) is 7.73. The first-order valence-electron chi connectivity index (χ1n) is 11.6. The summed E-state index contributed by atoms with van der Waals surface area (Å²) in [7, 11) is 1.54. The van der Waals surface area contributed by atoms with E-state index in [2.05, 4.69) is 26.1 Å². The summed E-state index contributed by atoms with van der Waals surface area (Å²) in [5.74, 6) is 1.07. The van der Waals surface area contributed by atoms with Gasteiger partial charge in [-0.15, -0.1) is 11.3 Å². The molecule has 8 nitrogen and oxygen atoms in total. The molecule has 1 atom stereocenters. The number of benzene rings is 1. The van der Waals surface area contributed by atoms with Gasteiger partial charge in [-0.1, -0.05) is 38.8 Å². The molecule has 0 aliphatic carbocycles. The molecule has 11 heteroatoms. The maximum atomic E-state index is 12.7. The fourth-order valence-electron chi connectivity index (χ4n) is 4.35. The predicted octanol–water partition coefficient (Wildman–Crippen LogP) is 5.61. The minimum absolute atomic E-state index is 0.0600. The molecule has 1 saturated heterocycles. The van der Waals surface area contributed by atoms with Crippen LogP contribution in [0.25, 0.3) is 0 Å². The molecule has 2 aliphatic rings. The molecule has 2 aromatic heterocycles. The van der Waals surface area contributed by atoms with Gasteiger partial charge in [-0.25, -0.2) is 9.97 Å². The smallest absolute Gasteiger partial charge is 0.260 e. The number of ether oxygens (including phenoxy) is 2. The van der Waals surface area contributed by atoms with E-state index < -0.39 is 0 Å². The van der Waals surface area contributed by atoms with E-state index in [1.54, 1.807) is 36.8 Å². The number of carbonyl (C=O) groups is 1. The molecule has 1 fully saturated rings. The Balaban J connectivity index is 1.14.